The standard InChI is InChI=1S/C21H16BrN5O3/c1-29-16-7-8-18(22)17(11-16)21(28)26-14-3-5-15(6-4-14)30-20-12-19(23-13-24-20)27-10-2-9-25-27/h2-13H,1H3,(H,26,28). The van der Waals surface area contributed by atoms with Gasteiger partial charge in [0.05, 0.1) is 12.7 Å². The van der Waals surface area contributed by atoms with Gasteiger partial charge in [-0.2, -0.15) is 5.10 Å². The van der Waals surface area contributed by atoms with Gasteiger partial charge >= 0.3 is 0 Å². The normalized spacial score (nSPS) is 10.5. The van der Waals surface area contributed by atoms with E-state index < -0.39 is 0 Å². The van der Waals surface area contributed by atoms with Gasteiger partial charge in [0.2, 0.25) is 5.88 Å². The SMILES string of the molecule is COc1ccc(Br)c(C(=O)Nc2ccc(Oc3cc(-n4cccn4)ncn3)cc2)c1. The maximum Gasteiger partial charge on any atom is 0.256 e. The Bertz CT molecular complexity index is 1160. The number of nitrogens with zero attached hydrogens (tertiary/aromatic N) is 4. The summed E-state index contributed by atoms with van der Waals surface area (Å²) < 4.78 is 13.3. The summed E-state index contributed by atoms with van der Waals surface area (Å²) >= 11 is 3.39. The molecule has 0 spiro atoms. The van der Waals surface area contributed by atoms with E-state index in [-0.39, 0.29) is 5.91 Å². The van der Waals surface area contributed by atoms with Gasteiger partial charge < -0.3 is 14.8 Å². The van der Waals surface area contributed by atoms with E-state index >= 15 is 0 Å². The van der Waals surface area contributed by atoms with Crippen molar-refractivity contribution in [1.82, 2.24) is 19.7 Å². The van der Waals surface area contributed by atoms with Gasteiger partial charge in [-0.25, -0.2) is 14.6 Å². The van der Waals surface area contributed by atoms with Gasteiger partial charge in [-0.1, -0.05) is 0 Å². The van der Waals surface area contributed by atoms with E-state index in [9.17, 15) is 4.79 Å². The number of amides is 1. The number of carbonyl (C=O) groups is 1. The lowest BCUT2D eigenvalue weighted by atomic mass is 10.2. The second-order valence-electron chi connectivity index (χ2n) is 6.09. The lowest BCUT2D eigenvalue weighted by Gasteiger charge is -2.10. The van der Waals surface area contributed by atoms with Crippen LogP contribution in [-0.4, -0.2) is 32.8 Å². The molecule has 0 aliphatic heterocycles. The van der Waals surface area contributed by atoms with E-state index in [0.29, 0.717) is 38.9 Å². The summed E-state index contributed by atoms with van der Waals surface area (Å²) in [5, 5.41) is 6.99. The van der Waals surface area contributed by atoms with E-state index in [1.54, 1.807) is 78.8 Å². The first-order valence-corrected chi connectivity index (χ1v) is 9.66. The maximum atomic E-state index is 12.6. The molecule has 9 heteroatoms. The van der Waals surface area contributed by atoms with Crippen molar-refractivity contribution in [2.75, 3.05) is 12.4 Å². The molecule has 150 valence electrons. The first-order valence-electron chi connectivity index (χ1n) is 8.87. The predicted molar refractivity (Wildman–Crippen MR) is 114 cm³/mol. The number of rotatable bonds is 6. The van der Waals surface area contributed by atoms with Crippen molar-refractivity contribution in [2.24, 2.45) is 0 Å². The van der Waals surface area contributed by atoms with Gasteiger partial charge in [-0.15, -0.1) is 0 Å². The van der Waals surface area contributed by atoms with Crippen LogP contribution in [0.3, 0.4) is 0 Å². The predicted octanol–water partition coefficient (Wildman–Crippen LogP) is 4.48. The Labute approximate surface area is 180 Å². The minimum Gasteiger partial charge on any atom is -0.497 e. The highest BCUT2D eigenvalue weighted by atomic mass is 79.9. The van der Waals surface area contributed by atoms with Gasteiger partial charge in [-0.3, -0.25) is 4.79 Å². The molecule has 0 bridgehead atoms. The van der Waals surface area contributed by atoms with Gasteiger partial charge in [-0.05, 0) is 64.5 Å². The third kappa shape index (κ3) is 4.47. The average molecular weight is 466 g/mol. The highest BCUT2D eigenvalue weighted by Crippen LogP contribution is 2.25. The van der Waals surface area contributed by atoms with Crippen LogP contribution in [-0.2, 0) is 0 Å². The molecule has 4 aromatic rings. The zero-order valence-corrected chi connectivity index (χ0v) is 17.4. The molecule has 2 aromatic carbocycles. The molecule has 0 aliphatic rings. The van der Waals surface area contributed by atoms with E-state index in [4.69, 9.17) is 9.47 Å². The Hall–Kier alpha value is -3.72. The smallest absolute Gasteiger partial charge is 0.256 e. The molecule has 1 N–H and O–H groups in total. The Balaban J connectivity index is 1.45. The quantitative estimate of drug-likeness (QED) is 0.451. The number of methoxy groups -OCH3 is 1. The van der Waals surface area contributed by atoms with Crippen LogP contribution >= 0.6 is 15.9 Å². The monoisotopic (exact) mass is 465 g/mol. The lowest BCUT2D eigenvalue weighted by Crippen LogP contribution is -2.12. The van der Waals surface area contributed by atoms with Gasteiger partial charge in [0.25, 0.3) is 5.91 Å². The number of aromatic nitrogens is 4. The van der Waals surface area contributed by atoms with Crippen LogP contribution in [0.1, 0.15) is 10.4 Å². The summed E-state index contributed by atoms with van der Waals surface area (Å²) in [5.74, 6) is 1.89. The van der Waals surface area contributed by atoms with Gasteiger partial charge in [0.15, 0.2) is 5.82 Å². The Morgan fingerprint density at radius 3 is 2.60 bits per heavy atom. The fourth-order valence-electron chi connectivity index (χ4n) is 2.65. The highest BCUT2D eigenvalue weighted by molar-refractivity contribution is 9.10. The van der Waals surface area contributed by atoms with Crippen molar-refractivity contribution >= 4 is 27.5 Å². The molecule has 2 heterocycles. The summed E-state index contributed by atoms with van der Waals surface area (Å²) in [5.41, 5.74) is 1.10. The molecule has 2 aromatic heterocycles. The third-order valence-corrected chi connectivity index (χ3v) is 4.81. The minimum atomic E-state index is -0.255. The van der Waals surface area contributed by atoms with E-state index in [2.05, 4.69) is 36.3 Å². The Morgan fingerprint density at radius 1 is 1.07 bits per heavy atom. The zero-order valence-electron chi connectivity index (χ0n) is 15.8. The number of hydrogen-bond acceptors (Lipinski definition) is 6. The van der Waals surface area contributed by atoms with Crippen molar-refractivity contribution in [2.45, 2.75) is 0 Å². The largest absolute Gasteiger partial charge is 0.497 e. The first kappa shape index (κ1) is 19.6. The highest BCUT2D eigenvalue weighted by Gasteiger charge is 2.12. The van der Waals surface area contributed by atoms with E-state index in [0.717, 1.165) is 0 Å². The van der Waals surface area contributed by atoms with Crippen LogP contribution in [0, 0.1) is 0 Å². The topological polar surface area (TPSA) is 91.2 Å². The molecule has 0 atom stereocenters. The van der Waals surface area contributed by atoms with Crippen LogP contribution in [0.15, 0.2) is 77.8 Å². The van der Waals surface area contributed by atoms with Crippen molar-refractivity contribution in [3.63, 3.8) is 0 Å². The molecule has 30 heavy (non-hydrogen) atoms. The van der Waals surface area contributed by atoms with Crippen LogP contribution in [0.4, 0.5) is 5.69 Å². The molecular formula is C21H16BrN5O3. The second-order valence-corrected chi connectivity index (χ2v) is 6.95. The summed E-state index contributed by atoms with van der Waals surface area (Å²) in [7, 11) is 1.55. The summed E-state index contributed by atoms with van der Waals surface area (Å²) in [6, 6.07) is 15.7. The molecule has 0 radical (unpaired) electrons. The Kier molecular flexibility index (Phi) is 5.71. The summed E-state index contributed by atoms with van der Waals surface area (Å²) in [4.78, 5) is 20.9. The molecule has 0 aliphatic carbocycles. The number of carbonyl (C=O) groups excluding carboxylic acids is 1. The van der Waals surface area contributed by atoms with Gasteiger partial charge in [0, 0.05) is 28.6 Å². The molecular weight excluding hydrogens is 450 g/mol. The summed E-state index contributed by atoms with van der Waals surface area (Å²) in [6.45, 7) is 0. The molecule has 0 fully saturated rings. The number of anilines is 1. The lowest BCUT2D eigenvalue weighted by molar-refractivity contribution is 0.102. The van der Waals surface area contributed by atoms with Crippen molar-refractivity contribution in [1.29, 1.82) is 0 Å². The van der Waals surface area contributed by atoms with E-state index in [1.165, 1.54) is 6.33 Å². The van der Waals surface area contributed by atoms with Gasteiger partial charge in [0.1, 0.15) is 17.8 Å². The van der Waals surface area contributed by atoms with Crippen LogP contribution < -0.4 is 14.8 Å². The number of nitrogens with one attached hydrogen (secondary N) is 1. The molecule has 0 saturated carbocycles. The summed E-state index contributed by atoms with van der Waals surface area (Å²) in [6.07, 6.45) is 4.86. The van der Waals surface area contributed by atoms with Crippen LogP contribution in [0.5, 0.6) is 17.4 Å². The van der Waals surface area contributed by atoms with E-state index in [1.807, 2.05) is 0 Å². The van der Waals surface area contributed by atoms with Crippen LogP contribution in [0.2, 0.25) is 0 Å². The van der Waals surface area contributed by atoms with Crippen molar-refractivity contribution in [3.05, 3.63) is 83.4 Å². The van der Waals surface area contributed by atoms with Crippen LogP contribution in [0.25, 0.3) is 5.82 Å². The number of halogens is 1. The fourth-order valence-corrected chi connectivity index (χ4v) is 3.07. The average Bonchev–Trinajstić information content (AvgIpc) is 3.31. The fraction of sp³-hybridized carbons (Fsp3) is 0.0476. The molecule has 8 nitrogen and oxygen atoms in total. The van der Waals surface area contributed by atoms with Crippen molar-refractivity contribution < 1.29 is 14.3 Å². The zero-order chi connectivity index (χ0) is 20.9. The molecule has 0 unspecified atom stereocenters. The second kappa shape index (κ2) is 8.75. The minimum absolute atomic E-state index is 0.255. The Morgan fingerprint density at radius 2 is 1.87 bits per heavy atom. The van der Waals surface area contributed by atoms with Crippen molar-refractivity contribution in [3.8, 4) is 23.2 Å². The third-order valence-electron chi connectivity index (χ3n) is 4.12. The number of ether oxygens (including phenoxy) is 2. The number of hydrogen-bond donors (Lipinski definition) is 1. The first-order chi connectivity index (χ1) is 14.6. The molecule has 0 saturated heterocycles. The number of benzene rings is 2. The molecule has 4 rings (SSSR count). The molecule has 1 amide bonds. The maximum absolute atomic E-state index is 12.6.